The van der Waals surface area contributed by atoms with E-state index in [1.165, 1.54) is 13.8 Å². The summed E-state index contributed by atoms with van der Waals surface area (Å²) in [5, 5.41) is 24.7. The van der Waals surface area contributed by atoms with Crippen LogP contribution in [0, 0.1) is 13.1 Å². The summed E-state index contributed by atoms with van der Waals surface area (Å²) in [5.41, 5.74) is -2.42. The lowest BCUT2D eigenvalue weighted by Crippen LogP contribution is -2.50. The molecule has 12 nitrogen and oxygen atoms in total. The van der Waals surface area contributed by atoms with Crippen molar-refractivity contribution in [1.29, 1.82) is 0 Å². The van der Waals surface area contributed by atoms with E-state index in [0.717, 1.165) is 24.3 Å². The van der Waals surface area contributed by atoms with Crippen LogP contribution in [0.1, 0.15) is 37.8 Å². The first-order valence-electron chi connectivity index (χ1n) is 13.8. The van der Waals surface area contributed by atoms with Crippen molar-refractivity contribution < 1.29 is 63.1 Å². The Morgan fingerprint density at radius 2 is 0.981 bits per heavy atom. The predicted molar refractivity (Wildman–Crippen MR) is 159 cm³/mol. The van der Waals surface area contributed by atoms with Crippen LogP contribution in [-0.4, -0.2) is 56.9 Å². The van der Waals surface area contributed by atoms with Gasteiger partial charge in [0.25, 0.3) is 0 Å². The Kier molecular flexibility index (Phi) is 11.4. The summed E-state index contributed by atoms with van der Waals surface area (Å²) in [6.07, 6.45) is -20.4. The Morgan fingerprint density at radius 1 is 0.654 bits per heavy atom. The molecule has 0 fully saturated rings. The minimum absolute atomic E-state index is 0.315. The fraction of sp³-hybridized carbons (Fsp3) is 0.357. The molecule has 0 saturated carbocycles. The van der Waals surface area contributed by atoms with Crippen LogP contribution in [0.3, 0.4) is 0 Å². The average molecular weight is 759 g/mol. The van der Waals surface area contributed by atoms with E-state index in [4.69, 9.17) is 13.1 Å². The van der Waals surface area contributed by atoms with Crippen molar-refractivity contribution in [3.63, 3.8) is 0 Å². The SMILES string of the molecule is [C-]#[N+]c1ccc(N=C(NO)C2(C)CC(C(F)(F)F)=NN2)cc1C(F)(F)F.[C-]#[N+]c1ccc(N=C(NO)C2(C)CC(C(F)(F)F)=NN2)cc1C(F)(F)F. The molecule has 2 heterocycles. The van der Waals surface area contributed by atoms with Crippen LogP contribution in [0.25, 0.3) is 9.69 Å². The molecule has 280 valence electrons. The third-order valence-corrected chi connectivity index (χ3v) is 7.12. The number of hydrazone groups is 2. The van der Waals surface area contributed by atoms with Gasteiger partial charge in [-0.15, -0.1) is 0 Å². The van der Waals surface area contributed by atoms with E-state index in [-0.39, 0.29) is 11.4 Å². The molecule has 2 aromatic carbocycles. The van der Waals surface area contributed by atoms with Crippen LogP contribution in [0.5, 0.6) is 0 Å². The molecule has 2 aliphatic rings. The molecule has 0 aliphatic carbocycles. The van der Waals surface area contributed by atoms with Crippen molar-refractivity contribution in [2.45, 2.75) is 62.5 Å². The third-order valence-electron chi connectivity index (χ3n) is 7.12. The highest BCUT2D eigenvalue weighted by molar-refractivity contribution is 6.03. The molecule has 4 rings (SSSR count). The molecular formula is C28H22F12N10O2. The molecule has 0 bridgehead atoms. The Balaban J connectivity index is 0.000000280. The van der Waals surface area contributed by atoms with Gasteiger partial charge in [0.1, 0.15) is 22.5 Å². The topological polar surface area (TPSA) is 147 Å². The average Bonchev–Trinajstić information content (AvgIpc) is 3.66. The zero-order chi connectivity index (χ0) is 39.5. The Morgan fingerprint density at radius 3 is 1.21 bits per heavy atom. The number of hydroxylamine groups is 2. The van der Waals surface area contributed by atoms with Gasteiger partial charge in [0.05, 0.1) is 35.6 Å². The smallest absolute Gasteiger partial charge is 0.296 e. The first-order valence-corrected chi connectivity index (χ1v) is 13.8. The van der Waals surface area contributed by atoms with Crippen molar-refractivity contribution >= 4 is 45.8 Å². The van der Waals surface area contributed by atoms with Gasteiger partial charge >= 0.3 is 24.7 Å². The van der Waals surface area contributed by atoms with Gasteiger partial charge < -0.3 is 0 Å². The largest absolute Gasteiger partial charge is 0.431 e. The molecule has 0 radical (unpaired) electrons. The van der Waals surface area contributed by atoms with Crippen molar-refractivity contribution in [2.24, 2.45) is 20.2 Å². The standard InChI is InChI=1S/2C14H11F6N5O/c2*1-12(6-10(23-25-12)14(18,19)20)11(24-26)22-7-3-4-9(21-2)8(5-7)13(15,16)17/h2*3-5,25-26H,6H2,1H3,(H,22,24). The van der Waals surface area contributed by atoms with Crippen molar-refractivity contribution in [3.05, 3.63) is 70.4 Å². The maximum Gasteiger partial charge on any atom is 0.431 e. The summed E-state index contributed by atoms with van der Waals surface area (Å²) in [6.45, 7) is 16.0. The van der Waals surface area contributed by atoms with Gasteiger partial charge in [0, 0.05) is 12.8 Å². The van der Waals surface area contributed by atoms with E-state index < -0.39 is 94.2 Å². The van der Waals surface area contributed by atoms with Crippen LogP contribution in [0.4, 0.5) is 75.4 Å². The Hall–Kier alpha value is -5.62. The third kappa shape index (κ3) is 9.38. The number of aliphatic imine (C=N–C) groups is 2. The lowest BCUT2D eigenvalue weighted by Gasteiger charge is -2.25. The van der Waals surface area contributed by atoms with Crippen LogP contribution < -0.4 is 21.8 Å². The summed E-state index contributed by atoms with van der Waals surface area (Å²) < 4.78 is 154. The first kappa shape index (κ1) is 40.8. The number of benzene rings is 2. The quantitative estimate of drug-likeness (QED) is 0.0616. The summed E-state index contributed by atoms with van der Waals surface area (Å²) in [5.74, 6) is -0.937. The molecular weight excluding hydrogens is 736 g/mol. The van der Waals surface area contributed by atoms with E-state index in [2.05, 4.69) is 40.7 Å². The lowest BCUT2D eigenvalue weighted by molar-refractivity contribution is -0.137. The predicted octanol–water partition coefficient (Wildman–Crippen LogP) is 7.87. The number of halogens is 12. The maximum absolute atomic E-state index is 13.0. The van der Waals surface area contributed by atoms with Gasteiger partial charge in [-0.2, -0.15) is 62.9 Å². The van der Waals surface area contributed by atoms with Gasteiger partial charge in [-0.25, -0.2) is 19.7 Å². The van der Waals surface area contributed by atoms with Crippen LogP contribution in [0.15, 0.2) is 56.6 Å². The first-order chi connectivity index (χ1) is 23.8. The lowest BCUT2D eigenvalue weighted by atomic mass is 9.95. The number of hydrogen-bond donors (Lipinski definition) is 6. The van der Waals surface area contributed by atoms with E-state index in [0.29, 0.717) is 12.1 Å². The number of rotatable bonds is 4. The minimum Gasteiger partial charge on any atom is -0.296 e. The van der Waals surface area contributed by atoms with E-state index in [9.17, 15) is 63.1 Å². The molecule has 2 atom stereocenters. The number of nitrogens with zero attached hydrogens (tertiary/aromatic N) is 6. The van der Waals surface area contributed by atoms with Gasteiger partial charge in [0.2, 0.25) is 0 Å². The summed E-state index contributed by atoms with van der Waals surface area (Å²) in [4.78, 5) is 13.0. The highest BCUT2D eigenvalue weighted by Crippen LogP contribution is 2.40. The van der Waals surface area contributed by atoms with Gasteiger partial charge in [0.15, 0.2) is 23.0 Å². The fourth-order valence-corrected chi connectivity index (χ4v) is 4.45. The molecule has 0 aromatic heterocycles. The van der Waals surface area contributed by atoms with Crippen molar-refractivity contribution in [2.75, 3.05) is 0 Å². The summed E-state index contributed by atoms with van der Waals surface area (Å²) >= 11 is 0. The van der Waals surface area contributed by atoms with E-state index >= 15 is 0 Å². The molecule has 52 heavy (non-hydrogen) atoms. The molecule has 0 spiro atoms. The van der Waals surface area contributed by atoms with Gasteiger partial charge in [-0.1, -0.05) is 12.1 Å². The minimum atomic E-state index is -4.82. The molecule has 0 amide bonds. The molecule has 24 heteroatoms. The Bertz CT molecular complexity index is 1750. The van der Waals surface area contributed by atoms with Crippen LogP contribution in [0.2, 0.25) is 0 Å². The molecule has 2 unspecified atom stereocenters. The Labute approximate surface area is 284 Å². The number of nitrogens with one attached hydrogen (secondary N) is 4. The highest BCUT2D eigenvalue weighted by atomic mass is 19.4. The zero-order valence-electron chi connectivity index (χ0n) is 26.0. The molecule has 2 aliphatic heterocycles. The zero-order valence-corrected chi connectivity index (χ0v) is 26.0. The normalized spacial score (nSPS) is 21.0. The number of alkyl halides is 12. The van der Waals surface area contributed by atoms with Crippen molar-refractivity contribution in [3.8, 4) is 0 Å². The van der Waals surface area contributed by atoms with E-state index in [1.807, 2.05) is 0 Å². The molecule has 6 N–H and O–H groups in total. The second-order valence-electron chi connectivity index (χ2n) is 11.1. The number of hydrogen-bond acceptors (Lipinski definition) is 8. The van der Waals surface area contributed by atoms with Gasteiger partial charge in [-0.05, 0) is 38.1 Å². The van der Waals surface area contributed by atoms with Crippen LogP contribution in [-0.2, 0) is 12.4 Å². The monoisotopic (exact) mass is 758 g/mol. The molecule has 2 aromatic rings. The second-order valence-corrected chi connectivity index (χ2v) is 11.1. The number of amidine groups is 2. The highest BCUT2D eigenvalue weighted by Gasteiger charge is 2.48. The van der Waals surface area contributed by atoms with Gasteiger partial charge in [-0.3, -0.25) is 32.2 Å². The summed E-state index contributed by atoms with van der Waals surface area (Å²) in [7, 11) is 0. The van der Waals surface area contributed by atoms with E-state index in [1.54, 1.807) is 11.0 Å². The van der Waals surface area contributed by atoms with Crippen molar-refractivity contribution in [1.82, 2.24) is 21.8 Å². The summed E-state index contributed by atoms with van der Waals surface area (Å²) in [6, 6.07) is 5.04. The fourth-order valence-electron chi connectivity index (χ4n) is 4.45. The second kappa shape index (κ2) is 14.5. The maximum atomic E-state index is 13.0. The molecule has 0 saturated heterocycles. The van der Waals surface area contributed by atoms with Crippen LogP contribution >= 0.6 is 0 Å².